The molecule has 0 aromatic heterocycles. The van der Waals surface area contributed by atoms with Gasteiger partial charge >= 0.3 is 0 Å². The molecule has 5 heteroatoms. The number of carbonyl (C=O) groups is 1. The molecule has 0 aliphatic heterocycles. The maximum absolute atomic E-state index is 11.8. The van der Waals surface area contributed by atoms with Crippen LogP contribution in [-0.2, 0) is 4.79 Å². The molecule has 0 spiro atoms. The van der Waals surface area contributed by atoms with Gasteiger partial charge in [-0.15, -0.1) is 0 Å². The van der Waals surface area contributed by atoms with Crippen molar-refractivity contribution in [2.75, 3.05) is 26.2 Å². The Balaban J connectivity index is 1.87. The number of hydrogen-bond acceptors (Lipinski definition) is 3. The van der Waals surface area contributed by atoms with Crippen LogP contribution < -0.4 is 15.4 Å². The van der Waals surface area contributed by atoms with E-state index in [1.54, 1.807) is 12.1 Å². The predicted molar refractivity (Wildman–Crippen MR) is 90.6 cm³/mol. The highest BCUT2D eigenvalue weighted by molar-refractivity contribution is 6.35. The van der Waals surface area contributed by atoms with Crippen LogP contribution in [0.1, 0.15) is 13.3 Å². The lowest BCUT2D eigenvalue weighted by molar-refractivity contribution is -0.123. The van der Waals surface area contributed by atoms with Gasteiger partial charge in [0.2, 0.25) is 0 Å². The number of hydrogen-bond donors (Lipinski definition) is 2. The molecule has 0 saturated carbocycles. The Morgan fingerprint density at radius 1 is 1.09 bits per heavy atom. The number of fused-ring (bicyclic) bond motifs is 1. The summed E-state index contributed by atoms with van der Waals surface area (Å²) in [5.41, 5.74) is 0. The van der Waals surface area contributed by atoms with Crippen molar-refractivity contribution in [2.45, 2.75) is 13.3 Å². The lowest BCUT2D eigenvalue weighted by Gasteiger charge is -2.11. The van der Waals surface area contributed by atoms with Crippen molar-refractivity contribution < 1.29 is 9.53 Å². The van der Waals surface area contributed by atoms with Gasteiger partial charge in [0.05, 0.1) is 0 Å². The van der Waals surface area contributed by atoms with Crippen LogP contribution in [-0.4, -0.2) is 32.1 Å². The van der Waals surface area contributed by atoms with Crippen molar-refractivity contribution in [1.29, 1.82) is 0 Å². The topological polar surface area (TPSA) is 50.4 Å². The standard InChI is InChI=1S/C17H21ClN2O2/c1-2-9-19-10-11-20-17(21)12-22-16-8-7-15(18)13-5-3-4-6-14(13)16/h3-8,19H,2,9-12H2,1H3,(H,20,21). The van der Waals surface area contributed by atoms with E-state index in [2.05, 4.69) is 17.6 Å². The number of ether oxygens (including phenoxy) is 1. The molecule has 1 amide bonds. The van der Waals surface area contributed by atoms with Gasteiger partial charge in [-0.25, -0.2) is 0 Å². The van der Waals surface area contributed by atoms with Crippen molar-refractivity contribution >= 4 is 28.3 Å². The fourth-order valence-corrected chi connectivity index (χ4v) is 2.37. The van der Waals surface area contributed by atoms with Crippen LogP contribution >= 0.6 is 11.6 Å². The summed E-state index contributed by atoms with van der Waals surface area (Å²) in [6, 6.07) is 11.3. The zero-order valence-corrected chi connectivity index (χ0v) is 13.5. The summed E-state index contributed by atoms with van der Waals surface area (Å²) < 4.78 is 5.62. The summed E-state index contributed by atoms with van der Waals surface area (Å²) in [5, 5.41) is 8.55. The first-order valence-corrected chi connectivity index (χ1v) is 7.87. The molecule has 0 heterocycles. The fourth-order valence-electron chi connectivity index (χ4n) is 2.15. The highest BCUT2D eigenvalue weighted by atomic mass is 35.5. The van der Waals surface area contributed by atoms with Gasteiger partial charge in [0.15, 0.2) is 6.61 Å². The van der Waals surface area contributed by atoms with E-state index in [4.69, 9.17) is 16.3 Å². The summed E-state index contributed by atoms with van der Waals surface area (Å²) in [6.07, 6.45) is 1.08. The Bertz CT molecular complexity index is 631. The molecular formula is C17H21ClN2O2. The summed E-state index contributed by atoms with van der Waals surface area (Å²) in [4.78, 5) is 11.8. The van der Waals surface area contributed by atoms with Crippen LogP contribution in [0.5, 0.6) is 5.75 Å². The molecule has 118 valence electrons. The Morgan fingerprint density at radius 2 is 1.86 bits per heavy atom. The summed E-state index contributed by atoms with van der Waals surface area (Å²) >= 11 is 6.16. The zero-order valence-electron chi connectivity index (χ0n) is 12.7. The second-order valence-corrected chi connectivity index (χ2v) is 5.39. The summed E-state index contributed by atoms with van der Waals surface area (Å²) in [5.74, 6) is 0.539. The molecule has 0 saturated heterocycles. The molecule has 0 bridgehead atoms. The third-order valence-electron chi connectivity index (χ3n) is 3.24. The van der Waals surface area contributed by atoms with Crippen LogP contribution in [0.3, 0.4) is 0 Å². The number of nitrogens with one attached hydrogen (secondary N) is 2. The third kappa shape index (κ3) is 4.61. The Labute approximate surface area is 135 Å². The first kappa shape index (κ1) is 16.6. The van der Waals surface area contributed by atoms with E-state index in [1.807, 2.05) is 24.3 Å². The van der Waals surface area contributed by atoms with E-state index >= 15 is 0 Å². The molecular weight excluding hydrogens is 300 g/mol. The van der Waals surface area contributed by atoms with Crippen molar-refractivity contribution in [2.24, 2.45) is 0 Å². The SMILES string of the molecule is CCCNCCNC(=O)COc1ccc(Cl)c2ccccc12. The summed E-state index contributed by atoms with van der Waals surface area (Å²) in [6.45, 7) is 4.44. The molecule has 22 heavy (non-hydrogen) atoms. The molecule has 0 aliphatic carbocycles. The van der Waals surface area contributed by atoms with Crippen molar-refractivity contribution in [1.82, 2.24) is 10.6 Å². The highest BCUT2D eigenvalue weighted by Crippen LogP contribution is 2.31. The fraction of sp³-hybridized carbons (Fsp3) is 0.353. The maximum Gasteiger partial charge on any atom is 0.257 e. The molecule has 2 aromatic rings. The van der Waals surface area contributed by atoms with E-state index < -0.39 is 0 Å². The van der Waals surface area contributed by atoms with Crippen LogP contribution in [0.4, 0.5) is 0 Å². The molecule has 2 aromatic carbocycles. The third-order valence-corrected chi connectivity index (χ3v) is 3.57. The van der Waals surface area contributed by atoms with E-state index in [0.717, 1.165) is 30.3 Å². The minimum absolute atomic E-state index is 0.000591. The van der Waals surface area contributed by atoms with Gasteiger partial charge in [0.1, 0.15) is 5.75 Å². The van der Waals surface area contributed by atoms with Gasteiger partial charge in [0.25, 0.3) is 5.91 Å². The molecule has 2 N–H and O–H groups in total. The monoisotopic (exact) mass is 320 g/mol. The van der Waals surface area contributed by atoms with Gasteiger partial charge in [-0.2, -0.15) is 0 Å². The van der Waals surface area contributed by atoms with E-state index in [-0.39, 0.29) is 12.5 Å². The molecule has 0 fully saturated rings. The van der Waals surface area contributed by atoms with Gasteiger partial charge < -0.3 is 15.4 Å². The van der Waals surface area contributed by atoms with Crippen LogP contribution in [0.15, 0.2) is 36.4 Å². The summed E-state index contributed by atoms with van der Waals surface area (Å²) in [7, 11) is 0. The van der Waals surface area contributed by atoms with Crippen molar-refractivity contribution in [3.63, 3.8) is 0 Å². The van der Waals surface area contributed by atoms with Gasteiger partial charge in [0, 0.05) is 28.9 Å². The second-order valence-electron chi connectivity index (χ2n) is 4.98. The van der Waals surface area contributed by atoms with Crippen LogP contribution in [0.2, 0.25) is 5.02 Å². The minimum atomic E-state index is -0.127. The van der Waals surface area contributed by atoms with Crippen molar-refractivity contribution in [3.8, 4) is 5.75 Å². The average Bonchev–Trinajstić information content (AvgIpc) is 2.54. The molecule has 0 radical (unpaired) electrons. The Morgan fingerprint density at radius 3 is 2.64 bits per heavy atom. The first-order chi connectivity index (χ1) is 10.7. The Kier molecular flexibility index (Phi) is 6.49. The Hall–Kier alpha value is -1.78. The molecule has 2 rings (SSSR count). The maximum atomic E-state index is 11.8. The van der Waals surface area contributed by atoms with Crippen LogP contribution in [0, 0.1) is 0 Å². The van der Waals surface area contributed by atoms with Gasteiger partial charge in [-0.1, -0.05) is 42.8 Å². The lowest BCUT2D eigenvalue weighted by atomic mass is 10.1. The zero-order chi connectivity index (χ0) is 15.8. The molecule has 0 unspecified atom stereocenters. The van der Waals surface area contributed by atoms with E-state index in [9.17, 15) is 4.79 Å². The van der Waals surface area contributed by atoms with Gasteiger partial charge in [-0.05, 0) is 25.1 Å². The normalized spacial score (nSPS) is 10.6. The predicted octanol–water partition coefficient (Wildman–Crippen LogP) is 2.99. The van der Waals surface area contributed by atoms with Crippen LogP contribution in [0.25, 0.3) is 10.8 Å². The second kappa shape index (κ2) is 8.61. The molecule has 0 aliphatic rings. The quantitative estimate of drug-likeness (QED) is 0.735. The smallest absolute Gasteiger partial charge is 0.257 e. The number of amides is 1. The van der Waals surface area contributed by atoms with E-state index in [0.29, 0.717) is 17.3 Å². The largest absolute Gasteiger partial charge is 0.483 e. The number of rotatable bonds is 8. The van der Waals surface area contributed by atoms with E-state index in [1.165, 1.54) is 0 Å². The average molecular weight is 321 g/mol. The number of halogens is 1. The lowest BCUT2D eigenvalue weighted by Crippen LogP contribution is -2.35. The minimum Gasteiger partial charge on any atom is -0.483 e. The number of benzene rings is 2. The highest BCUT2D eigenvalue weighted by Gasteiger charge is 2.07. The van der Waals surface area contributed by atoms with Crippen molar-refractivity contribution in [3.05, 3.63) is 41.4 Å². The molecule has 0 atom stereocenters. The number of carbonyl (C=O) groups excluding carboxylic acids is 1. The molecule has 4 nitrogen and oxygen atoms in total. The first-order valence-electron chi connectivity index (χ1n) is 7.50. The van der Waals surface area contributed by atoms with Gasteiger partial charge in [-0.3, -0.25) is 4.79 Å².